The maximum absolute atomic E-state index is 13.6. The fourth-order valence-electron chi connectivity index (χ4n) is 6.31. The monoisotopic (exact) mass is 1010 g/mol. The summed E-state index contributed by atoms with van der Waals surface area (Å²) in [4.78, 5) is 13.1. The van der Waals surface area contributed by atoms with Crippen LogP contribution in [0.4, 0.5) is 5.69 Å². The molecule has 21 heteroatoms. The first-order valence-electron chi connectivity index (χ1n) is 20.3. The largest absolute Gasteiger partial charge is 0.487 e. The summed E-state index contributed by atoms with van der Waals surface area (Å²) in [5.74, 6) is 2.11. The lowest BCUT2D eigenvalue weighted by Gasteiger charge is -2.24. The SMILES string of the molecule is O=[N+]([O-])c1c(OCCOCCCl)c(OCCOCCCl)c(OCCOCCCl)c2c3c(OCCOCCCl)c(OCCOCCCl)c(OCCOCCCl)cc3c3ccccc3c12. The lowest BCUT2D eigenvalue weighted by Crippen LogP contribution is -2.15. The van der Waals surface area contributed by atoms with Crippen molar-refractivity contribution in [1.29, 1.82) is 0 Å². The summed E-state index contributed by atoms with van der Waals surface area (Å²) in [6, 6.07) is 9.04. The maximum atomic E-state index is 13.6. The van der Waals surface area contributed by atoms with Crippen LogP contribution in [-0.4, -0.2) is 159 Å². The van der Waals surface area contributed by atoms with Gasteiger partial charge in [-0.15, -0.1) is 69.6 Å². The summed E-state index contributed by atoms with van der Waals surface area (Å²) in [5.41, 5.74) is -0.395. The number of hydrogen-bond donors (Lipinski definition) is 0. The number of hydrogen-bond acceptors (Lipinski definition) is 14. The minimum Gasteiger partial charge on any atom is -0.487 e. The molecule has 0 spiro atoms. The third-order valence-corrected chi connectivity index (χ3v) is 9.57. The van der Waals surface area contributed by atoms with E-state index in [0.717, 1.165) is 0 Å². The van der Waals surface area contributed by atoms with E-state index in [9.17, 15) is 10.1 Å². The van der Waals surface area contributed by atoms with E-state index in [1.807, 2.05) is 12.1 Å². The van der Waals surface area contributed by atoms with Gasteiger partial charge in [0.2, 0.25) is 17.2 Å². The van der Waals surface area contributed by atoms with Crippen LogP contribution >= 0.6 is 69.6 Å². The molecule has 352 valence electrons. The van der Waals surface area contributed by atoms with Gasteiger partial charge < -0.3 is 56.8 Å². The highest BCUT2D eigenvalue weighted by Gasteiger charge is 2.36. The fourth-order valence-corrected chi connectivity index (χ4v) is 6.96. The van der Waals surface area contributed by atoms with Gasteiger partial charge in [-0.2, -0.15) is 0 Å². The van der Waals surface area contributed by atoms with E-state index >= 15 is 0 Å². The highest BCUT2D eigenvalue weighted by molar-refractivity contribution is 6.32. The van der Waals surface area contributed by atoms with E-state index in [1.165, 1.54) is 0 Å². The average molecular weight is 1010 g/mol. The first-order valence-corrected chi connectivity index (χ1v) is 23.5. The molecule has 0 bridgehead atoms. The van der Waals surface area contributed by atoms with Crippen molar-refractivity contribution in [3.63, 3.8) is 0 Å². The van der Waals surface area contributed by atoms with Gasteiger partial charge in [-0.05, 0) is 22.2 Å². The van der Waals surface area contributed by atoms with Crippen molar-refractivity contribution in [1.82, 2.24) is 0 Å². The van der Waals surface area contributed by atoms with Crippen molar-refractivity contribution in [2.24, 2.45) is 0 Å². The molecule has 0 aliphatic rings. The second kappa shape index (κ2) is 31.3. The van der Waals surface area contributed by atoms with Gasteiger partial charge in [0.05, 0.1) is 89.6 Å². The lowest BCUT2D eigenvalue weighted by atomic mass is 9.91. The Morgan fingerprint density at radius 1 is 0.381 bits per heavy atom. The highest BCUT2D eigenvalue weighted by Crippen LogP contribution is 2.58. The van der Waals surface area contributed by atoms with Crippen molar-refractivity contribution in [3.05, 3.63) is 40.4 Å². The first kappa shape index (κ1) is 53.0. The van der Waals surface area contributed by atoms with Crippen molar-refractivity contribution >= 4 is 108 Å². The Labute approximate surface area is 396 Å². The first-order chi connectivity index (χ1) is 31.0. The molecule has 0 aliphatic heterocycles. The molecule has 4 aromatic carbocycles. The number of ether oxygens (including phenoxy) is 12. The van der Waals surface area contributed by atoms with Crippen LogP contribution in [0, 0.1) is 10.1 Å². The molecule has 4 rings (SSSR count). The molecule has 4 aromatic rings. The molecule has 0 amide bonds. The van der Waals surface area contributed by atoms with Crippen molar-refractivity contribution < 1.29 is 61.8 Å². The summed E-state index contributed by atoms with van der Waals surface area (Å²) < 4.78 is 72.7. The predicted octanol–water partition coefficient (Wildman–Crippen LogP) is 8.86. The number of nitro benzene ring substituents is 1. The Kier molecular flexibility index (Phi) is 26.3. The van der Waals surface area contributed by atoms with Gasteiger partial charge in [0.15, 0.2) is 17.2 Å². The Balaban J connectivity index is 2.19. The smallest absolute Gasteiger partial charge is 0.323 e. The predicted molar refractivity (Wildman–Crippen MR) is 248 cm³/mol. The van der Waals surface area contributed by atoms with Gasteiger partial charge in [-0.1, -0.05) is 24.3 Å². The summed E-state index contributed by atoms with van der Waals surface area (Å²) in [6.07, 6.45) is 0. The van der Waals surface area contributed by atoms with E-state index in [2.05, 4.69) is 0 Å². The van der Waals surface area contributed by atoms with Gasteiger partial charge in [0, 0.05) is 46.1 Å². The molecule has 0 aromatic heterocycles. The third-order valence-electron chi connectivity index (χ3n) is 8.65. The van der Waals surface area contributed by atoms with Crippen molar-refractivity contribution in [2.45, 2.75) is 0 Å². The summed E-state index contributed by atoms with van der Waals surface area (Å²) >= 11 is 35.3. The highest BCUT2D eigenvalue weighted by atomic mass is 35.5. The second-order valence-corrected chi connectivity index (χ2v) is 15.0. The molecule has 0 saturated heterocycles. The fraction of sp³-hybridized carbons (Fsp3) is 0.571. The van der Waals surface area contributed by atoms with E-state index in [-0.39, 0.29) is 175 Å². The van der Waals surface area contributed by atoms with Crippen LogP contribution in [0.2, 0.25) is 0 Å². The summed E-state index contributed by atoms with van der Waals surface area (Å²) in [7, 11) is 0. The lowest BCUT2D eigenvalue weighted by molar-refractivity contribution is -0.384. The standard InChI is InChI=1S/C42H53Cl6NO14/c43-5-11-52-17-23-58-33-29-32-30-3-1-2-4-31(30)34-36(35(32)39(60-25-19-54-13-7-45)38(33)59-24-18-53-12-6-44)40(61-26-20-55-14-8-46)42(63-28-22-57-16-10-48)41(37(34)49(50)51)62-27-21-56-15-9-47/h1-4,29H,5-28H2. The van der Waals surface area contributed by atoms with Crippen LogP contribution in [0.25, 0.3) is 32.3 Å². The minimum absolute atomic E-state index is 0.0109. The molecule has 15 nitrogen and oxygen atoms in total. The molecule has 0 N–H and O–H groups in total. The van der Waals surface area contributed by atoms with E-state index in [1.54, 1.807) is 18.2 Å². The van der Waals surface area contributed by atoms with E-state index < -0.39 is 10.6 Å². The quantitative estimate of drug-likeness (QED) is 0.0139. The number of nitro groups is 1. The minimum atomic E-state index is -0.510. The molecule has 0 heterocycles. The molecule has 0 radical (unpaired) electrons. The zero-order chi connectivity index (χ0) is 45.1. The van der Waals surface area contributed by atoms with E-state index in [4.69, 9.17) is 126 Å². The molecule has 0 fully saturated rings. The van der Waals surface area contributed by atoms with Crippen LogP contribution in [0.5, 0.6) is 34.5 Å². The number of benzene rings is 4. The molecular formula is C42H53Cl6NO14. The second-order valence-electron chi connectivity index (χ2n) is 12.7. The number of nitrogens with zero attached hydrogens (tertiary/aromatic N) is 1. The van der Waals surface area contributed by atoms with Crippen molar-refractivity contribution in [3.8, 4) is 34.5 Å². The molecule has 63 heavy (non-hydrogen) atoms. The number of fused-ring (bicyclic) bond motifs is 6. The van der Waals surface area contributed by atoms with Crippen LogP contribution in [0.15, 0.2) is 30.3 Å². The Morgan fingerprint density at radius 2 is 0.746 bits per heavy atom. The van der Waals surface area contributed by atoms with Crippen LogP contribution < -0.4 is 28.4 Å². The third kappa shape index (κ3) is 16.0. The normalized spacial score (nSPS) is 11.5. The van der Waals surface area contributed by atoms with Gasteiger partial charge in [-0.3, -0.25) is 10.1 Å². The summed E-state index contributed by atoms with van der Waals surface area (Å²) in [5, 5.41) is 16.1. The molecule has 0 unspecified atom stereocenters. The van der Waals surface area contributed by atoms with Crippen molar-refractivity contribution in [2.75, 3.05) is 154 Å². The molecule has 0 aliphatic carbocycles. The Morgan fingerprint density at radius 3 is 1.17 bits per heavy atom. The van der Waals surface area contributed by atoms with Crippen LogP contribution in [0.1, 0.15) is 0 Å². The Hall–Kier alpha value is -2.64. The van der Waals surface area contributed by atoms with Crippen LogP contribution in [-0.2, 0) is 28.4 Å². The van der Waals surface area contributed by atoms with Gasteiger partial charge in [0.1, 0.15) is 39.6 Å². The molecule has 0 atom stereocenters. The number of alkyl halides is 6. The summed E-state index contributed by atoms with van der Waals surface area (Å²) in [6.45, 7) is 2.43. The zero-order valence-corrected chi connectivity index (χ0v) is 39.3. The van der Waals surface area contributed by atoms with Gasteiger partial charge in [0.25, 0.3) is 0 Å². The van der Waals surface area contributed by atoms with Gasteiger partial charge in [-0.25, -0.2) is 0 Å². The number of rotatable bonds is 37. The van der Waals surface area contributed by atoms with Crippen LogP contribution in [0.3, 0.4) is 0 Å². The maximum Gasteiger partial charge on any atom is 0.323 e. The van der Waals surface area contributed by atoms with E-state index in [0.29, 0.717) is 46.4 Å². The average Bonchev–Trinajstić information content (AvgIpc) is 3.29. The van der Waals surface area contributed by atoms with Gasteiger partial charge >= 0.3 is 5.69 Å². The topological polar surface area (TPSA) is 154 Å². The number of halogens is 6. The zero-order valence-electron chi connectivity index (χ0n) is 34.8. The molecule has 0 saturated carbocycles. The molecular weight excluding hydrogens is 955 g/mol. The Bertz CT molecular complexity index is 1970.